The molecule has 4 heteroatoms. The topological polar surface area (TPSA) is 42.3 Å². The van der Waals surface area contributed by atoms with Crippen molar-refractivity contribution >= 4 is 34.4 Å². The molecule has 200 valence electrons. The average Bonchev–Trinajstić information content (AvgIpc) is 3.30. The maximum Gasteiger partial charge on any atom is 0.227 e. The second-order valence-corrected chi connectivity index (χ2v) is 11.3. The minimum atomic E-state index is 0.222. The first kappa shape index (κ1) is 25.9. The number of rotatable bonds is 5. The summed E-state index contributed by atoms with van der Waals surface area (Å²) in [6, 6.07) is 17.9. The highest BCUT2D eigenvalue weighted by atomic mass is 16.3. The van der Waals surface area contributed by atoms with Gasteiger partial charge in [0.05, 0.1) is 6.42 Å². The zero-order valence-electron chi connectivity index (χ0n) is 24.2. The van der Waals surface area contributed by atoms with Crippen molar-refractivity contribution in [3.8, 4) is 11.3 Å². The summed E-state index contributed by atoms with van der Waals surface area (Å²) < 4.78 is 8.73. The zero-order valence-corrected chi connectivity index (χ0v) is 24.2. The number of pyridine rings is 2. The fraction of sp³-hybridized carbons (Fsp3) is 0.250. The van der Waals surface area contributed by atoms with Crippen LogP contribution >= 0.6 is 0 Å². The second-order valence-electron chi connectivity index (χ2n) is 11.3. The number of aryl methyl sites for hydroxylation is 5. The van der Waals surface area contributed by atoms with E-state index in [1.165, 1.54) is 33.5 Å². The van der Waals surface area contributed by atoms with Crippen LogP contribution in [0.15, 0.2) is 82.5 Å². The SMILES string of the molecule is C=CC=N/C(=C\c1ccc2c(oc3nc(C)ccc32)c1C)CC1C(C)c2cc(C)ccc2-c2cc(C)c(C)c[n+]21. The molecule has 2 aromatic carbocycles. The van der Waals surface area contributed by atoms with Crippen molar-refractivity contribution < 1.29 is 8.98 Å². The Morgan fingerprint density at radius 1 is 1.00 bits per heavy atom. The fourth-order valence-corrected chi connectivity index (χ4v) is 6.09. The molecule has 4 nitrogen and oxygen atoms in total. The molecule has 0 saturated carbocycles. The van der Waals surface area contributed by atoms with Gasteiger partial charge >= 0.3 is 0 Å². The number of aromatic nitrogens is 2. The van der Waals surface area contributed by atoms with Gasteiger partial charge in [-0.2, -0.15) is 4.57 Å². The predicted octanol–water partition coefficient (Wildman–Crippen LogP) is 8.82. The van der Waals surface area contributed by atoms with E-state index in [4.69, 9.17) is 9.41 Å². The van der Waals surface area contributed by atoms with E-state index in [2.05, 4.69) is 105 Å². The van der Waals surface area contributed by atoms with E-state index in [0.29, 0.717) is 11.6 Å². The summed E-state index contributed by atoms with van der Waals surface area (Å²) in [6.07, 6.45) is 8.86. The molecule has 1 aliphatic rings. The number of aliphatic imine (C=N–C) groups is 1. The van der Waals surface area contributed by atoms with Gasteiger partial charge in [-0.25, -0.2) is 4.98 Å². The molecule has 0 radical (unpaired) electrons. The quantitative estimate of drug-likeness (QED) is 0.170. The van der Waals surface area contributed by atoms with Gasteiger partial charge in [0.1, 0.15) is 5.58 Å². The molecule has 4 heterocycles. The molecule has 5 aromatic rings. The summed E-state index contributed by atoms with van der Waals surface area (Å²) in [4.78, 5) is 9.50. The average molecular weight is 527 g/mol. The van der Waals surface area contributed by atoms with Crippen molar-refractivity contribution in [1.29, 1.82) is 0 Å². The second kappa shape index (κ2) is 10.0. The van der Waals surface area contributed by atoms with E-state index >= 15 is 0 Å². The Bertz CT molecular complexity index is 1870. The van der Waals surface area contributed by atoms with Crippen molar-refractivity contribution in [2.24, 2.45) is 4.99 Å². The highest BCUT2D eigenvalue weighted by molar-refractivity contribution is 6.05. The van der Waals surface area contributed by atoms with Gasteiger partial charge in [-0.3, -0.25) is 4.99 Å². The third-order valence-electron chi connectivity index (χ3n) is 8.52. The van der Waals surface area contributed by atoms with Crippen LogP contribution in [-0.2, 0) is 0 Å². The van der Waals surface area contributed by atoms with Crippen LogP contribution in [0.4, 0.5) is 0 Å². The Labute approximate surface area is 236 Å². The Hall–Kier alpha value is -4.31. The molecule has 0 fully saturated rings. The highest BCUT2D eigenvalue weighted by Crippen LogP contribution is 2.42. The lowest BCUT2D eigenvalue weighted by Gasteiger charge is -2.29. The predicted molar refractivity (Wildman–Crippen MR) is 166 cm³/mol. The number of allylic oxidation sites excluding steroid dienone is 2. The van der Waals surface area contributed by atoms with Crippen molar-refractivity contribution in [1.82, 2.24) is 4.98 Å². The van der Waals surface area contributed by atoms with Crippen LogP contribution in [0.25, 0.3) is 39.4 Å². The van der Waals surface area contributed by atoms with Crippen LogP contribution in [0, 0.1) is 34.6 Å². The van der Waals surface area contributed by atoms with Gasteiger partial charge in [0.2, 0.25) is 11.4 Å². The van der Waals surface area contributed by atoms with E-state index in [-0.39, 0.29) is 6.04 Å². The van der Waals surface area contributed by atoms with E-state index in [9.17, 15) is 0 Å². The van der Waals surface area contributed by atoms with E-state index in [1.807, 2.05) is 13.0 Å². The summed E-state index contributed by atoms with van der Waals surface area (Å²) in [7, 11) is 0. The van der Waals surface area contributed by atoms with Gasteiger partial charge in [0.15, 0.2) is 12.2 Å². The van der Waals surface area contributed by atoms with E-state index < -0.39 is 0 Å². The lowest BCUT2D eigenvalue weighted by atomic mass is 9.81. The van der Waals surface area contributed by atoms with Gasteiger partial charge in [0.25, 0.3) is 0 Å². The van der Waals surface area contributed by atoms with Gasteiger partial charge in [0, 0.05) is 51.5 Å². The standard InChI is InChI=1S/C36H36N3O/c1-8-15-37-28(18-27-11-14-30-31-13-10-24(5)38-36(31)40-35(30)25(27)6)19-33-26(7)32-16-21(2)9-12-29(32)34-17-22(3)23(4)20-39(33)34/h8-18,20,26,33H,1,19H2,2-7H3/q+1/b28-18-,37-15?. The monoisotopic (exact) mass is 526 g/mol. The number of hydrogen-bond acceptors (Lipinski definition) is 3. The Kier molecular flexibility index (Phi) is 6.50. The largest absolute Gasteiger partial charge is 0.437 e. The number of nitrogens with zero attached hydrogens (tertiary/aromatic N) is 3. The molecular formula is C36H36N3O+. The summed E-state index contributed by atoms with van der Waals surface area (Å²) in [6.45, 7) is 16.9. The lowest BCUT2D eigenvalue weighted by molar-refractivity contribution is -0.717. The number of fused-ring (bicyclic) bond motifs is 6. The van der Waals surface area contributed by atoms with Crippen LogP contribution in [0.5, 0.6) is 0 Å². The van der Waals surface area contributed by atoms with Crippen molar-refractivity contribution in [2.75, 3.05) is 0 Å². The minimum Gasteiger partial charge on any atom is -0.437 e. The maximum atomic E-state index is 6.26. The Morgan fingerprint density at radius 2 is 1.80 bits per heavy atom. The summed E-state index contributed by atoms with van der Waals surface area (Å²) in [5.41, 5.74) is 13.6. The molecule has 2 atom stereocenters. The fourth-order valence-electron chi connectivity index (χ4n) is 6.09. The van der Waals surface area contributed by atoms with Crippen molar-refractivity contribution in [3.63, 3.8) is 0 Å². The van der Waals surface area contributed by atoms with Crippen molar-refractivity contribution in [2.45, 2.75) is 59.9 Å². The normalized spacial score (nSPS) is 17.0. The van der Waals surface area contributed by atoms with Crippen LogP contribution in [0.2, 0.25) is 0 Å². The minimum absolute atomic E-state index is 0.222. The molecule has 3 aromatic heterocycles. The lowest BCUT2D eigenvalue weighted by Crippen LogP contribution is -2.47. The van der Waals surface area contributed by atoms with E-state index in [0.717, 1.165) is 45.3 Å². The number of benzene rings is 2. The molecule has 0 spiro atoms. The molecule has 0 amide bonds. The number of furan rings is 1. The van der Waals surface area contributed by atoms with Crippen LogP contribution < -0.4 is 4.57 Å². The molecular weight excluding hydrogens is 490 g/mol. The third-order valence-corrected chi connectivity index (χ3v) is 8.52. The molecule has 0 bridgehead atoms. The maximum absolute atomic E-state index is 6.26. The van der Waals surface area contributed by atoms with E-state index in [1.54, 1.807) is 12.3 Å². The van der Waals surface area contributed by atoms with Gasteiger partial charge in [-0.15, -0.1) is 0 Å². The number of hydrogen-bond donors (Lipinski definition) is 0. The molecule has 6 rings (SSSR count). The summed E-state index contributed by atoms with van der Waals surface area (Å²) in [5, 5.41) is 2.14. The summed E-state index contributed by atoms with van der Waals surface area (Å²) >= 11 is 0. The zero-order chi connectivity index (χ0) is 28.1. The smallest absolute Gasteiger partial charge is 0.227 e. The van der Waals surface area contributed by atoms with Crippen LogP contribution in [-0.4, -0.2) is 11.2 Å². The highest BCUT2D eigenvalue weighted by Gasteiger charge is 2.38. The first-order chi connectivity index (χ1) is 19.2. The first-order valence-corrected chi connectivity index (χ1v) is 14.0. The van der Waals surface area contributed by atoms with Gasteiger partial charge in [-0.1, -0.05) is 43.3 Å². The molecule has 40 heavy (non-hydrogen) atoms. The third kappa shape index (κ3) is 4.38. The molecule has 2 unspecified atom stereocenters. The summed E-state index contributed by atoms with van der Waals surface area (Å²) in [5.74, 6) is 0.324. The first-order valence-electron chi connectivity index (χ1n) is 14.0. The Morgan fingerprint density at radius 3 is 2.60 bits per heavy atom. The molecule has 0 N–H and O–H groups in total. The molecule has 1 aliphatic heterocycles. The molecule has 0 aliphatic carbocycles. The van der Waals surface area contributed by atoms with Gasteiger partial charge in [-0.05, 0) is 87.2 Å². The molecule has 0 saturated heterocycles. The Balaban J connectivity index is 1.47. The van der Waals surface area contributed by atoms with Crippen molar-refractivity contribution in [3.05, 3.63) is 112 Å². The van der Waals surface area contributed by atoms with Gasteiger partial charge < -0.3 is 4.42 Å². The van der Waals surface area contributed by atoms with Crippen LogP contribution in [0.1, 0.15) is 64.4 Å². The van der Waals surface area contributed by atoms with Crippen LogP contribution in [0.3, 0.4) is 0 Å².